The molecule has 1 aliphatic rings. The molecule has 7 heavy (non-hydrogen) atoms. The van der Waals surface area contributed by atoms with Crippen molar-refractivity contribution < 1.29 is 4.21 Å². The number of hydrogen-bond acceptors (Lipinski definition) is 1. The molecular weight excluding hydrogens is 124 g/mol. The van der Waals surface area contributed by atoms with E-state index in [0.29, 0.717) is 0 Å². The fraction of sp³-hybridized carbons (Fsp3) is 1.00. The fourth-order valence-electron chi connectivity index (χ4n) is 0.599. The molecule has 0 atom stereocenters. The van der Waals surface area contributed by atoms with Crippen LogP contribution in [-0.2, 0) is 10.8 Å². The fourth-order valence-corrected chi connectivity index (χ4v) is 4.03. The van der Waals surface area contributed by atoms with Gasteiger partial charge in [0, 0.05) is 31.8 Å². The quantitative estimate of drug-likeness (QED) is 0.433. The molecule has 0 amide bonds. The van der Waals surface area contributed by atoms with E-state index < -0.39 is 10.8 Å². The topological polar surface area (TPSA) is 17.1 Å². The molecule has 40 valence electrons. The summed E-state index contributed by atoms with van der Waals surface area (Å²) in [6.45, 7) is 0. The minimum Gasteiger partial charge on any atom is -0.260 e. The summed E-state index contributed by atoms with van der Waals surface area (Å²) in [5.74, 6) is 1.94. The molecule has 1 rings (SSSR count). The molecule has 1 heterocycles. The summed E-state index contributed by atoms with van der Waals surface area (Å²) in [5, 5.41) is 0. The second-order valence-corrected chi connectivity index (χ2v) is 4.79. The maximum atomic E-state index is 10.6. The van der Waals surface area contributed by atoms with Crippen LogP contribution in [0.1, 0.15) is 0 Å². The molecule has 2 radical (unpaired) electrons. The molecule has 0 aromatic rings. The van der Waals surface area contributed by atoms with Gasteiger partial charge in [0.05, 0.1) is 0 Å². The Balaban J connectivity index is 2.25. The maximum absolute atomic E-state index is 10.6. The summed E-state index contributed by atoms with van der Waals surface area (Å²) in [4.78, 5) is 0. The van der Waals surface area contributed by atoms with Crippen LogP contribution in [0.15, 0.2) is 0 Å². The van der Waals surface area contributed by atoms with Gasteiger partial charge in [0.15, 0.2) is 0 Å². The van der Waals surface area contributed by atoms with E-state index in [0.717, 1.165) is 21.0 Å². The molecule has 0 N–H and O–H groups in total. The first-order valence-electron chi connectivity index (χ1n) is 2.45. The van der Waals surface area contributed by atoms with Gasteiger partial charge in [-0.15, -0.1) is 0 Å². The Labute approximate surface area is 48.8 Å². The van der Waals surface area contributed by atoms with Gasteiger partial charge in [0.1, 0.15) is 0 Å². The molecule has 1 aliphatic heterocycles. The molecule has 0 aromatic heterocycles. The summed E-state index contributed by atoms with van der Waals surface area (Å²) in [7, 11) is 0.661. The highest BCUT2D eigenvalue weighted by atomic mass is 32.2. The number of rotatable bonds is 0. The predicted molar refractivity (Wildman–Crippen MR) is 33.2 cm³/mol. The monoisotopic (exact) mass is 132 g/mol. The molecule has 0 saturated carbocycles. The van der Waals surface area contributed by atoms with Crippen molar-refractivity contribution in [2.24, 2.45) is 0 Å². The van der Waals surface area contributed by atoms with E-state index >= 15 is 0 Å². The molecule has 1 saturated heterocycles. The SMILES string of the molecule is O=S1CC[Si]CC1. The second-order valence-electron chi connectivity index (χ2n) is 1.60. The zero-order valence-electron chi connectivity index (χ0n) is 4.14. The van der Waals surface area contributed by atoms with Crippen LogP contribution in [0.2, 0.25) is 12.1 Å². The third-order valence-corrected chi connectivity index (χ3v) is 4.26. The first kappa shape index (κ1) is 5.50. The van der Waals surface area contributed by atoms with Crippen LogP contribution in [-0.4, -0.2) is 25.2 Å². The van der Waals surface area contributed by atoms with Crippen LogP contribution in [0.3, 0.4) is 0 Å². The van der Waals surface area contributed by atoms with E-state index in [9.17, 15) is 4.21 Å². The van der Waals surface area contributed by atoms with E-state index in [4.69, 9.17) is 0 Å². The average molecular weight is 132 g/mol. The minimum atomic E-state index is -0.433. The Morgan fingerprint density at radius 2 is 1.86 bits per heavy atom. The van der Waals surface area contributed by atoms with Crippen molar-refractivity contribution in [3.05, 3.63) is 0 Å². The van der Waals surface area contributed by atoms with Crippen molar-refractivity contribution in [1.82, 2.24) is 0 Å². The van der Waals surface area contributed by atoms with Gasteiger partial charge in [-0.05, 0) is 12.1 Å². The Morgan fingerprint density at radius 3 is 2.14 bits per heavy atom. The minimum absolute atomic E-state index is 0.433. The molecule has 0 aliphatic carbocycles. The smallest absolute Gasteiger partial charge is 0.0396 e. The molecular formula is C4H8OSSi. The molecule has 0 unspecified atom stereocenters. The summed E-state index contributed by atoms with van der Waals surface area (Å²) < 4.78 is 10.6. The van der Waals surface area contributed by atoms with Crippen LogP contribution < -0.4 is 0 Å². The lowest BCUT2D eigenvalue weighted by molar-refractivity contribution is 0.683. The van der Waals surface area contributed by atoms with E-state index in [2.05, 4.69) is 0 Å². The summed E-state index contributed by atoms with van der Waals surface area (Å²) >= 11 is 0. The van der Waals surface area contributed by atoms with Gasteiger partial charge in [-0.2, -0.15) is 0 Å². The van der Waals surface area contributed by atoms with Gasteiger partial charge in [-0.3, -0.25) is 4.21 Å². The molecule has 0 bridgehead atoms. The third kappa shape index (κ3) is 1.73. The normalized spacial score (nSPS) is 25.1. The maximum Gasteiger partial charge on any atom is 0.0396 e. The van der Waals surface area contributed by atoms with Crippen molar-refractivity contribution in [3.8, 4) is 0 Å². The van der Waals surface area contributed by atoms with Crippen molar-refractivity contribution in [1.29, 1.82) is 0 Å². The molecule has 3 heteroatoms. The van der Waals surface area contributed by atoms with Crippen molar-refractivity contribution >= 4 is 20.3 Å². The van der Waals surface area contributed by atoms with Crippen molar-refractivity contribution in [2.75, 3.05) is 11.5 Å². The highest BCUT2D eigenvalue weighted by Crippen LogP contribution is 2.00. The van der Waals surface area contributed by atoms with Gasteiger partial charge in [-0.1, -0.05) is 0 Å². The Hall–Kier alpha value is 0.367. The average Bonchev–Trinajstić information content (AvgIpc) is 1.69. The first-order chi connectivity index (χ1) is 3.39. The molecule has 0 aromatic carbocycles. The van der Waals surface area contributed by atoms with E-state index in [1.807, 2.05) is 0 Å². The zero-order valence-corrected chi connectivity index (χ0v) is 5.96. The van der Waals surface area contributed by atoms with E-state index in [1.165, 1.54) is 12.1 Å². The summed E-state index contributed by atoms with van der Waals surface area (Å²) in [6.07, 6.45) is 0. The first-order valence-corrected chi connectivity index (χ1v) is 5.35. The second kappa shape index (κ2) is 2.62. The summed E-state index contributed by atoms with van der Waals surface area (Å²) in [5.41, 5.74) is 0. The van der Waals surface area contributed by atoms with Crippen LogP contribution in [0, 0.1) is 0 Å². The predicted octanol–water partition coefficient (Wildman–Crippen LogP) is 0.289. The largest absolute Gasteiger partial charge is 0.260 e. The third-order valence-electron chi connectivity index (χ3n) is 1.01. The molecule has 1 fully saturated rings. The molecule has 0 spiro atoms. The van der Waals surface area contributed by atoms with Gasteiger partial charge in [0.2, 0.25) is 0 Å². The van der Waals surface area contributed by atoms with Crippen molar-refractivity contribution in [3.63, 3.8) is 0 Å². The van der Waals surface area contributed by atoms with Gasteiger partial charge >= 0.3 is 0 Å². The van der Waals surface area contributed by atoms with Crippen LogP contribution in [0.4, 0.5) is 0 Å². The van der Waals surface area contributed by atoms with E-state index in [-0.39, 0.29) is 0 Å². The Kier molecular flexibility index (Phi) is 2.06. The van der Waals surface area contributed by atoms with Gasteiger partial charge in [0.25, 0.3) is 0 Å². The lowest BCUT2D eigenvalue weighted by atomic mass is 10.9. The van der Waals surface area contributed by atoms with Crippen LogP contribution in [0.5, 0.6) is 0 Å². The Bertz CT molecular complexity index is 75.8. The Morgan fingerprint density at radius 1 is 1.29 bits per heavy atom. The summed E-state index contributed by atoms with van der Waals surface area (Å²) in [6, 6.07) is 2.43. The van der Waals surface area contributed by atoms with Gasteiger partial charge < -0.3 is 0 Å². The number of hydrogen-bond donors (Lipinski definition) is 0. The van der Waals surface area contributed by atoms with Crippen molar-refractivity contribution in [2.45, 2.75) is 12.1 Å². The van der Waals surface area contributed by atoms with Gasteiger partial charge in [-0.25, -0.2) is 0 Å². The molecule has 1 nitrogen and oxygen atoms in total. The lowest BCUT2D eigenvalue weighted by Crippen LogP contribution is -2.12. The lowest BCUT2D eigenvalue weighted by Gasteiger charge is -2.05. The highest BCUT2D eigenvalue weighted by molar-refractivity contribution is 7.85. The highest BCUT2D eigenvalue weighted by Gasteiger charge is 2.05. The van der Waals surface area contributed by atoms with E-state index in [1.54, 1.807) is 0 Å². The zero-order chi connectivity index (χ0) is 5.11. The standard InChI is InChI=1S/C4H8OSSi/c5-6-1-3-7-4-2-6/h1-4H2. The van der Waals surface area contributed by atoms with Crippen LogP contribution in [0.25, 0.3) is 0 Å². The van der Waals surface area contributed by atoms with Crippen LogP contribution >= 0.6 is 0 Å².